The summed E-state index contributed by atoms with van der Waals surface area (Å²) in [5, 5.41) is 17.2. The minimum atomic E-state index is -0.879. The molecule has 4 nitrogen and oxygen atoms in total. The number of carboxylic acid groups (broad SMARTS) is 1. The molecule has 0 amide bonds. The molecule has 0 spiro atoms. The Bertz CT molecular complexity index is 377. The molecular weight excluding hydrogens is 230 g/mol. The van der Waals surface area contributed by atoms with Crippen molar-refractivity contribution in [2.24, 2.45) is 23.0 Å². The number of aliphatic hydroxyl groups excluding tert-OH is 1. The van der Waals surface area contributed by atoms with Crippen molar-refractivity contribution in [2.75, 3.05) is 13.2 Å². The summed E-state index contributed by atoms with van der Waals surface area (Å²) in [5.74, 6) is 0.139. The van der Waals surface area contributed by atoms with Crippen LogP contribution in [0.5, 0.6) is 0 Å². The van der Waals surface area contributed by atoms with Crippen LogP contribution in [-0.2, 0) is 0 Å². The first-order chi connectivity index (χ1) is 8.45. The normalized spacial score (nSPS) is 23.8. The van der Waals surface area contributed by atoms with Crippen molar-refractivity contribution in [3.05, 3.63) is 35.9 Å². The first-order valence-corrected chi connectivity index (χ1v) is 6.04. The van der Waals surface area contributed by atoms with E-state index in [1.807, 2.05) is 0 Å². The van der Waals surface area contributed by atoms with E-state index in [0.29, 0.717) is 29.4 Å². The van der Waals surface area contributed by atoms with Gasteiger partial charge in [0.05, 0.1) is 5.56 Å². The summed E-state index contributed by atoms with van der Waals surface area (Å²) in [6, 6.07) is 8.30. The van der Waals surface area contributed by atoms with Crippen molar-refractivity contribution >= 4 is 5.97 Å². The van der Waals surface area contributed by atoms with Gasteiger partial charge in [-0.05, 0) is 35.9 Å². The van der Waals surface area contributed by atoms with Gasteiger partial charge in [0.1, 0.15) is 0 Å². The summed E-state index contributed by atoms with van der Waals surface area (Å²) < 4.78 is 0. The highest BCUT2D eigenvalue weighted by molar-refractivity contribution is 5.87. The smallest absolute Gasteiger partial charge is 0.335 e. The van der Waals surface area contributed by atoms with E-state index in [4.69, 9.17) is 15.9 Å². The van der Waals surface area contributed by atoms with Gasteiger partial charge in [0.25, 0.3) is 0 Å². The van der Waals surface area contributed by atoms with Gasteiger partial charge in [0.15, 0.2) is 0 Å². The maximum absolute atomic E-state index is 10.2. The number of nitrogens with two attached hydrogens (primary N) is 1. The molecule has 1 saturated carbocycles. The van der Waals surface area contributed by atoms with Crippen LogP contribution in [0.25, 0.3) is 0 Å². The summed E-state index contributed by atoms with van der Waals surface area (Å²) >= 11 is 0. The van der Waals surface area contributed by atoms with E-state index < -0.39 is 5.97 Å². The molecule has 0 aliphatic heterocycles. The molecule has 2 atom stereocenters. The Morgan fingerprint density at radius 1 is 1.28 bits per heavy atom. The molecule has 100 valence electrons. The lowest BCUT2D eigenvalue weighted by molar-refractivity contribution is 0.0697. The van der Waals surface area contributed by atoms with Crippen LogP contribution < -0.4 is 5.73 Å². The van der Waals surface area contributed by atoms with E-state index in [9.17, 15) is 4.79 Å². The van der Waals surface area contributed by atoms with Gasteiger partial charge in [-0.2, -0.15) is 0 Å². The summed E-state index contributed by atoms with van der Waals surface area (Å²) in [5.41, 5.74) is 6.10. The zero-order chi connectivity index (χ0) is 13.8. The third kappa shape index (κ3) is 3.31. The van der Waals surface area contributed by atoms with Crippen LogP contribution in [0, 0.1) is 17.3 Å². The average molecular weight is 251 g/mol. The quantitative estimate of drug-likeness (QED) is 0.761. The number of aromatic carboxylic acids is 1. The third-order valence-electron chi connectivity index (χ3n) is 3.76. The van der Waals surface area contributed by atoms with E-state index >= 15 is 0 Å². The zero-order valence-electron chi connectivity index (χ0n) is 10.8. The Balaban J connectivity index is 0.000000180. The first-order valence-electron chi connectivity index (χ1n) is 6.04. The molecule has 0 bridgehead atoms. The second-order valence-corrected chi connectivity index (χ2v) is 5.12. The zero-order valence-corrected chi connectivity index (χ0v) is 10.8. The van der Waals surface area contributed by atoms with Crippen LogP contribution >= 0.6 is 0 Å². The van der Waals surface area contributed by atoms with Gasteiger partial charge in [-0.25, -0.2) is 4.79 Å². The minimum Gasteiger partial charge on any atom is -0.478 e. The van der Waals surface area contributed by atoms with Crippen molar-refractivity contribution in [1.82, 2.24) is 0 Å². The Morgan fingerprint density at radius 2 is 1.83 bits per heavy atom. The van der Waals surface area contributed by atoms with Gasteiger partial charge in [0, 0.05) is 6.61 Å². The van der Waals surface area contributed by atoms with E-state index in [-0.39, 0.29) is 0 Å². The van der Waals surface area contributed by atoms with E-state index in [2.05, 4.69) is 13.8 Å². The largest absolute Gasteiger partial charge is 0.478 e. The SMILES string of the molecule is CC1(C)C(CN)[C@H]1CO.O=C(O)c1ccccc1. The molecule has 18 heavy (non-hydrogen) atoms. The van der Waals surface area contributed by atoms with Crippen molar-refractivity contribution < 1.29 is 15.0 Å². The number of benzene rings is 1. The predicted octanol–water partition coefficient (Wildman–Crippen LogP) is 1.59. The highest BCUT2D eigenvalue weighted by atomic mass is 16.4. The van der Waals surface area contributed by atoms with Crippen molar-refractivity contribution in [3.8, 4) is 0 Å². The lowest BCUT2D eigenvalue weighted by Crippen LogP contribution is -2.05. The van der Waals surface area contributed by atoms with Gasteiger partial charge in [-0.1, -0.05) is 32.0 Å². The molecule has 1 fully saturated rings. The van der Waals surface area contributed by atoms with Crippen molar-refractivity contribution in [2.45, 2.75) is 13.8 Å². The average Bonchev–Trinajstić information content (AvgIpc) is 2.91. The van der Waals surface area contributed by atoms with E-state index in [0.717, 1.165) is 6.54 Å². The number of hydrogen-bond donors (Lipinski definition) is 3. The summed E-state index contributed by atoms with van der Waals surface area (Å²) in [6.07, 6.45) is 0. The molecule has 1 aromatic rings. The van der Waals surface area contributed by atoms with Gasteiger partial charge in [0.2, 0.25) is 0 Å². The Kier molecular flexibility index (Phi) is 4.87. The number of rotatable bonds is 3. The summed E-state index contributed by atoms with van der Waals surface area (Å²) in [4.78, 5) is 10.2. The highest BCUT2D eigenvalue weighted by Gasteiger charge is 2.55. The van der Waals surface area contributed by atoms with E-state index in [1.54, 1.807) is 30.3 Å². The van der Waals surface area contributed by atoms with Crippen LogP contribution in [0.4, 0.5) is 0 Å². The fraction of sp³-hybridized carbons (Fsp3) is 0.500. The molecule has 0 radical (unpaired) electrons. The summed E-state index contributed by atoms with van der Waals surface area (Å²) in [6.45, 7) is 5.34. The topological polar surface area (TPSA) is 83.5 Å². The van der Waals surface area contributed by atoms with Gasteiger partial charge in [-0.15, -0.1) is 0 Å². The number of carbonyl (C=O) groups is 1. The van der Waals surface area contributed by atoms with Crippen molar-refractivity contribution in [1.29, 1.82) is 0 Å². The lowest BCUT2D eigenvalue weighted by atomic mass is 10.1. The maximum atomic E-state index is 10.2. The molecule has 0 heterocycles. The lowest BCUT2D eigenvalue weighted by Gasteiger charge is -1.97. The Labute approximate surface area is 107 Å². The fourth-order valence-corrected chi connectivity index (χ4v) is 2.27. The van der Waals surface area contributed by atoms with Gasteiger partial charge < -0.3 is 15.9 Å². The van der Waals surface area contributed by atoms with Crippen LogP contribution in [-0.4, -0.2) is 29.3 Å². The molecule has 0 saturated heterocycles. The molecule has 2 rings (SSSR count). The molecule has 0 aromatic heterocycles. The number of carboxylic acids is 1. The second-order valence-electron chi connectivity index (χ2n) is 5.12. The Morgan fingerprint density at radius 3 is 2.06 bits per heavy atom. The molecular formula is C14H21NO3. The molecule has 4 heteroatoms. The van der Waals surface area contributed by atoms with Crippen LogP contribution in [0.1, 0.15) is 24.2 Å². The predicted molar refractivity (Wildman–Crippen MR) is 70.3 cm³/mol. The van der Waals surface area contributed by atoms with E-state index in [1.165, 1.54) is 0 Å². The van der Waals surface area contributed by atoms with Gasteiger partial charge in [-0.3, -0.25) is 0 Å². The second kappa shape index (κ2) is 5.98. The number of aliphatic hydroxyl groups is 1. The molecule has 1 aliphatic rings. The van der Waals surface area contributed by atoms with Crippen LogP contribution in [0.15, 0.2) is 30.3 Å². The van der Waals surface area contributed by atoms with Crippen LogP contribution in [0.2, 0.25) is 0 Å². The minimum absolute atomic E-state index is 0.300. The highest BCUT2D eigenvalue weighted by Crippen LogP contribution is 2.56. The monoisotopic (exact) mass is 251 g/mol. The standard InChI is InChI=1S/C7H15NO.C7H6O2/c1-7(2)5(3-8)6(7)4-9;8-7(9)6-4-2-1-3-5-6/h5-6,9H,3-4,8H2,1-2H3;1-5H,(H,8,9)/t5?,6-;/m1./s1. The first kappa shape index (κ1) is 14.7. The fourth-order valence-electron chi connectivity index (χ4n) is 2.27. The molecule has 1 aromatic carbocycles. The van der Waals surface area contributed by atoms with Crippen LogP contribution in [0.3, 0.4) is 0 Å². The summed E-state index contributed by atoms with van der Waals surface area (Å²) in [7, 11) is 0. The molecule has 4 N–H and O–H groups in total. The molecule has 1 aliphatic carbocycles. The Hall–Kier alpha value is -1.39. The van der Waals surface area contributed by atoms with Crippen molar-refractivity contribution in [3.63, 3.8) is 0 Å². The molecule has 1 unspecified atom stereocenters. The van der Waals surface area contributed by atoms with Gasteiger partial charge >= 0.3 is 5.97 Å². The number of hydrogen-bond acceptors (Lipinski definition) is 3. The third-order valence-corrected chi connectivity index (χ3v) is 3.76. The maximum Gasteiger partial charge on any atom is 0.335 e.